The summed E-state index contributed by atoms with van der Waals surface area (Å²) < 4.78 is 0. The average Bonchev–Trinajstić information content (AvgIpc) is 2.90. The third-order valence-corrected chi connectivity index (χ3v) is 2.82. The van der Waals surface area contributed by atoms with E-state index in [2.05, 4.69) is 15.2 Å². The maximum absolute atomic E-state index is 12.1. The minimum Gasteiger partial charge on any atom is -0.389 e. The number of pyridine rings is 1. The van der Waals surface area contributed by atoms with Gasteiger partial charge in [-0.05, 0) is 12.1 Å². The molecular weight excluding hydrogens is 262 g/mol. The van der Waals surface area contributed by atoms with Crippen molar-refractivity contribution in [1.29, 1.82) is 0 Å². The summed E-state index contributed by atoms with van der Waals surface area (Å²) in [6, 6.07) is 3.30. The van der Waals surface area contributed by atoms with Gasteiger partial charge in [0.1, 0.15) is 10.7 Å². The van der Waals surface area contributed by atoms with Gasteiger partial charge in [-0.25, -0.2) is 0 Å². The van der Waals surface area contributed by atoms with E-state index in [-0.39, 0.29) is 10.9 Å². The van der Waals surface area contributed by atoms with Gasteiger partial charge in [0, 0.05) is 37.1 Å². The zero-order valence-electron chi connectivity index (χ0n) is 10.3. The number of nitrogens with one attached hydrogen (secondary N) is 1. The summed E-state index contributed by atoms with van der Waals surface area (Å²) in [4.78, 5) is 18.0. The molecule has 19 heavy (non-hydrogen) atoms. The van der Waals surface area contributed by atoms with E-state index in [1.807, 2.05) is 0 Å². The maximum Gasteiger partial charge on any atom is 0.272 e. The van der Waals surface area contributed by atoms with Crippen molar-refractivity contribution in [2.45, 2.75) is 6.54 Å². The first-order valence-corrected chi connectivity index (χ1v) is 5.97. The molecule has 1 amide bonds. The number of carbonyl (C=O) groups excluding carboxylic acids is 1. The summed E-state index contributed by atoms with van der Waals surface area (Å²) in [6.07, 6.45) is 4.92. The molecule has 0 fully saturated rings. The SMILES string of the molecule is CN(Cc1cn[nH]c1)C(=O)c1ccc(C(N)=S)cn1. The van der Waals surface area contributed by atoms with Gasteiger partial charge in [-0.15, -0.1) is 0 Å². The predicted molar refractivity (Wildman–Crippen MR) is 74.5 cm³/mol. The van der Waals surface area contributed by atoms with Gasteiger partial charge in [0.05, 0.1) is 6.20 Å². The normalized spacial score (nSPS) is 10.2. The average molecular weight is 275 g/mol. The van der Waals surface area contributed by atoms with Crippen molar-refractivity contribution in [2.75, 3.05) is 7.05 Å². The Hall–Kier alpha value is -2.28. The number of nitrogens with zero attached hydrogens (tertiary/aromatic N) is 3. The quantitative estimate of drug-likeness (QED) is 0.802. The Bertz CT molecular complexity index is 579. The van der Waals surface area contributed by atoms with E-state index in [0.29, 0.717) is 17.8 Å². The number of hydrogen-bond acceptors (Lipinski definition) is 4. The van der Waals surface area contributed by atoms with Crippen LogP contribution in [-0.2, 0) is 6.54 Å². The Morgan fingerprint density at radius 3 is 2.79 bits per heavy atom. The monoisotopic (exact) mass is 275 g/mol. The third-order valence-electron chi connectivity index (χ3n) is 2.59. The van der Waals surface area contributed by atoms with E-state index in [0.717, 1.165) is 5.56 Å². The molecule has 0 aliphatic heterocycles. The number of aromatic nitrogens is 3. The molecule has 98 valence electrons. The van der Waals surface area contributed by atoms with Crippen molar-refractivity contribution in [3.63, 3.8) is 0 Å². The van der Waals surface area contributed by atoms with Crippen LogP contribution >= 0.6 is 12.2 Å². The lowest BCUT2D eigenvalue weighted by Crippen LogP contribution is -2.27. The third kappa shape index (κ3) is 3.14. The van der Waals surface area contributed by atoms with Crippen LogP contribution in [0.4, 0.5) is 0 Å². The fraction of sp³-hybridized carbons (Fsp3) is 0.167. The van der Waals surface area contributed by atoms with E-state index >= 15 is 0 Å². The number of nitrogens with two attached hydrogens (primary N) is 1. The predicted octanol–water partition coefficient (Wildman–Crippen LogP) is 0.711. The van der Waals surface area contributed by atoms with Crippen molar-refractivity contribution in [3.05, 3.63) is 47.5 Å². The van der Waals surface area contributed by atoms with E-state index in [1.54, 1.807) is 36.5 Å². The molecule has 0 aliphatic carbocycles. The van der Waals surface area contributed by atoms with Crippen LogP contribution in [0.5, 0.6) is 0 Å². The van der Waals surface area contributed by atoms with Crippen LogP contribution < -0.4 is 5.73 Å². The highest BCUT2D eigenvalue weighted by Crippen LogP contribution is 2.06. The smallest absolute Gasteiger partial charge is 0.272 e. The molecule has 0 spiro atoms. The van der Waals surface area contributed by atoms with E-state index < -0.39 is 0 Å². The summed E-state index contributed by atoms with van der Waals surface area (Å²) in [5.41, 5.74) is 7.40. The van der Waals surface area contributed by atoms with Gasteiger partial charge in [-0.2, -0.15) is 5.10 Å². The Morgan fingerprint density at radius 1 is 1.47 bits per heavy atom. The molecule has 2 aromatic heterocycles. The Labute approximate surface area is 115 Å². The van der Waals surface area contributed by atoms with E-state index in [1.165, 1.54) is 6.20 Å². The molecule has 0 atom stereocenters. The Kier molecular flexibility index (Phi) is 3.86. The fourth-order valence-corrected chi connectivity index (χ4v) is 1.69. The topological polar surface area (TPSA) is 87.9 Å². The van der Waals surface area contributed by atoms with Gasteiger partial charge in [0.2, 0.25) is 0 Å². The van der Waals surface area contributed by atoms with Crippen molar-refractivity contribution in [2.24, 2.45) is 5.73 Å². The molecule has 0 bridgehead atoms. The molecule has 0 saturated carbocycles. The summed E-state index contributed by atoms with van der Waals surface area (Å²) in [7, 11) is 1.71. The molecule has 0 aliphatic rings. The minimum absolute atomic E-state index is 0.171. The van der Waals surface area contributed by atoms with Gasteiger partial charge in [-0.3, -0.25) is 14.9 Å². The molecule has 2 aromatic rings. The molecule has 0 unspecified atom stereocenters. The van der Waals surface area contributed by atoms with Crippen LogP contribution in [-0.4, -0.2) is 38.0 Å². The van der Waals surface area contributed by atoms with Gasteiger partial charge in [0.15, 0.2) is 0 Å². The van der Waals surface area contributed by atoms with Crippen molar-refractivity contribution >= 4 is 23.1 Å². The lowest BCUT2D eigenvalue weighted by atomic mass is 10.2. The molecule has 0 saturated heterocycles. The highest BCUT2D eigenvalue weighted by molar-refractivity contribution is 7.80. The van der Waals surface area contributed by atoms with Gasteiger partial charge >= 0.3 is 0 Å². The van der Waals surface area contributed by atoms with Gasteiger partial charge in [0.25, 0.3) is 5.91 Å². The zero-order chi connectivity index (χ0) is 13.8. The van der Waals surface area contributed by atoms with Crippen LogP contribution in [0.2, 0.25) is 0 Å². The molecule has 0 radical (unpaired) electrons. The fourth-order valence-electron chi connectivity index (χ4n) is 1.57. The summed E-state index contributed by atoms with van der Waals surface area (Å²) in [6.45, 7) is 0.466. The first-order valence-electron chi connectivity index (χ1n) is 5.57. The first-order chi connectivity index (χ1) is 9.08. The second-order valence-corrected chi connectivity index (χ2v) is 4.50. The van der Waals surface area contributed by atoms with Crippen LogP contribution in [0.25, 0.3) is 0 Å². The number of aromatic amines is 1. The minimum atomic E-state index is -0.171. The van der Waals surface area contributed by atoms with Crippen LogP contribution in [0.1, 0.15) is 21.6 Å². The summed E-state index contributed by atoms with van der Waals surface area (Å²) in [5.74, 6) is -0.171. The molecule has 2 rings (SSSR count). The lowest BCUT2D eigenvalue weighted by Gasteiger charge is -2.15. The number of amides is 1. The summed E-state index contributed by atoms with van der Waals surface area (Å²) in [5, 5.41) is 6.53. The van der Waals surface area contributed by atoms with Crippen LogP contribution in [0.3, 0.4) is 0 Å². The Morgan fingerprint density at radius 2 is 2.26 bits per heavy atom. The molecular formula is C12H13N5OS. The maximum atomic E-state index is 12.1. The van der Waals surface area contributed by atoms with E-state index in [4.69, 9.17) is 18.0 Å². The second kappa shape index (κ2) is 5.57. The molecule has 0 aromatic carbocycles. The highest BCUT2D eigenvalue weighted by atomic mass is 32.1. The number of H-pyrrole nitrogens is 1. The first kappa shape index (κ1) is 13.2. The van der Waals surface area contributed by atoms with Crippen LogP contribution in [0.15, 0.2) is 30.7 Å². The number of thiocarbonyl (C=S) groups is 1. The number of rotatable bonds is 4. The largest absolute Gasteiger partial charge is 0.389 e. The van der Waals surface area contributed by atoms with Gasteiger partial charge < -0.3 is 10.6 Å². The Balaban J connectivity index is 2.08. The van der Waals surface area contributed by atoms with Crippen molar-refractivity contribution in [3.8, 4) is 0 Å². The molecule has 3 N–H and O–H groups in total. The van der Waals surface area contributed by atoms with Gasteiger partial charge in [-0.1, -0.05) is 12.2 Å². The zero-order valence-corrected chi connectivity index (χ0v) is 11.1. The lowest BCUT2D eigenvalue weighted by molar-refractivity contribution is 0.0779. The molecule has 2 heterocycles. The number of hydrogen-bond donors (Lipinski definition) is 2. The van der Waals surface area contributed by atoms with Crippen molar-refractivity contribution < 1.29 is 4.79 Å². The molecule has 6 nitrogen and oxygen atoms in total. The number of carbonyl (C=O) groups is 1. The second-order valence-electron chi connectivity index (χ2n) is 4.06. The standard InChI is InChI=1S/C12H13N5OS/c1-17(7-8-4-15-16-5-8)12(18)10-3-2-9(6-14-10)11(13)19/h2-6H,7H2,1H3,(H2,13,19)(H,15,16). The highest BCUT2D eigenvalue weighted by Gasteiger charge is 2.14. The van der Waals surface area contributed by atoms with Crippen LogP contribution in [0, 0.1) is 0 Å². The van der Waals surface area contributed by atoms with E-state index in [9.17, 15) is 4.79 Å². The summed E-state index contributed by atoms with van der Waals surface area (Å²) >= 11 is 4.83. The van der Waals surface area contributed by atoms with Crippen molar-refractivity contribution in [1.82, 2.24) is 20.1 Å². The molecule has 7 heteroatoms.